The van der Waals surface area contributed by atoms with E-state index in [0.29, 0.717) is 24.6 Å². The zero-order chi connectivity index (χ0) is 22.5. The van der Waals surface area contributed by atoms with Crippen molar-refractivity contribution in [2.45, 2.75) is 23.6 Å². The quantitative estimate of drug-likeness (QED) is 0.514. The molecule has 0 aromatic heterocycles. The van der Waals surface area contributed by atoms with E-state index in [9.17, 15) is 16.8 Å². The van der Waals surface area contributed by atoms with Gasteiger partial charge in [0.05, 0.1) is 9.79 Å². The smallest absolute Gasteiger partial charge is 0.261 e. The van der Waals surface area contributed by atoms with Gasteiger partial charge in [-0.15, -0.1) is 0 Å². The van der Waals surface area contributed by atoms with Crippen LogP contribution in [0.1, 0.15) is 13.8 Å². The first kappa shape index (κ1) is 22.8. The lowest BCUT2D eigenvalue weighted by Crippen LogP contribution is -2.30. The second-order valence-corrected chi connectivity index (χ2v) is 10.2. The van der Waals surface area contributed by atoms with Crippen molar-refractivity contribution in [3.05, 3.63) is 78.9 Å². The van der Waals surface area contributed by atoms with Crippen LogP contribution in [0.2, 0.25) is 0 Å². The summed E-state index contributed by atoms with van der Waals surface area (Å²) in [5.41, 5.74) is 0.267. The van der Waals surface area contributed by atoms with Crippen LogP contribution in [0, 0.1) is 0 Å². The fourth-order valence-electron chi connectivity index (χ4n) is 2.93. The van der Waals surface area contributed by atoms with Crippen LogP contribution in [0.25, 0.3) is 0 Å². The molecule has 0 fully saturated rings. The zero-order valence-electron chi connectivity index (χ0n) is 17.2. The first-order valence-electron chi connectivity index (χ1n) is 9.72. The third-order valence-corrected chi connectivity index (χ3v) is 8.02. The molecule has 0 aliphatic heterocycles. The number of hydrogen-bond donors (Lipinski definition) is 1. The molecule has 0 saturated heterocycles. The van der Waals surface area contributed by atoms with Crippen LogP contribution in [0.15, 0.2) is 88.7 Å². The van der Waals surface area contributed by atoms with Crippen molar-refractivity contribution in [3.63, 3.8) is 0 Å². The van der Waals surface area contributed by atoms with Crippen LogP contribution in [-0.4, -0.2) is 34.2 Å². The van der Waals surface area contributed by atoms with Crippen molar-refractivity contribution >= 4 is 25.7 Å². The van der Waals surface area contributed by atoms with Gasteiger partial charge in [-0.2, -0.15) is 4.31 Å². The summed E-state index contributed by atoms with van der Waals surface area (Å²) in [4.78, 5) is 0.175. The van der Waals surface area contributed by atoms with E-state index in [1.165, 1.54) is 40.7 Å². The number of hydrogen-bond acceptors (Lipinski definition) is 5. The van der Waals surface area contributed by atoms with E-state index in [-0.39, 0.29) is 15.5 Å². The summed E-state index contributed by atoms with van der Waals surface area (Å²) in [5.74, 6) is 1.16. The zero-order valence-corrected chi connectivity index (χ0v) is 18.9. The normalized spacial score (nSPS) is 12.0. The van der Waals surface area contributed by atoms with Crippen LogP contribution in [0.5, 0.6) is 11.5 Å². The Morgan fingerprint density at radius 2 is 1.23 bits per heavy atom. The van der Waals surface area contributed by atoms with Crippen LogP contribution < -0.4 is 9.46 Å². The third kappa shape index (κ3) is 5.43. The average Bonchev–Trinajstić information content (AvgIpc) is 2.76. The van der Waals surface area contributed by atoms with E-state index in [1.807, 2.05) is 18.2 Å². The summed E-state index contributed by atoms with van der Waals surface area (Å²) in [6.07, 6.45) is 0. The Labute approximate surface area is 183 Å². The Morgan fingerprint density at radius 3 is 1.77 bits per heavy atom. The molecule has 3 aromatic carbocycles. The SMILES string of the molecule is CCN(CC)S(=O)(=O)c1ccc(NS(=O)(=O)c2ccc(Oc3ccccc3)cc2)cc1. The van der Waals surface area contributed by atoms with Crippen molar-refractivity contribution in [1.29, 1.82) is 0 Å². The van der Waals surface area contributed by atoms with Crippen molar-refractivity contribution in [1.82, 2.24) is 4.31 Å². The number of sulfonamides is 2. The molecule has 1 N–H and O–H groups in total. The molecule has 0 atom stereocenters. The van der Waals surface area contributed by atoms with Crippen LogP contribution in [-0.2, 0) is 20.0 Å². The Hall–Kier alpha value is -2.88. The summed E-state index contributed by atoms with van der Waals surface area (Å²) in [5, 5.41) is 0. The molecule has 0 saturated carbocycles. The Balaban J connectivity index is 1.73. The first-order chi connectivity index (χ1) is 14.8. The molecule has 7 nitrogen and oxygen atoms in total. The maximum Gasteiger partial charge on any atom is 0.261 e. The second kappa shape index (κ2) is 9.51. The van der Waals surface area contributed by atoms with E-state index < -0.39 is 20.0 Å². The largest absolute Gasteiger partial charge is 0.457 e. The lowest BCUT2D eigenvalue weighted by atomic mass is 10.3. The summed E-state index contributed by atoms with van der Waals surface area (Å²) < 4.78 is 59.9. The number of anilines is 1. The Kier molecular flexibility index (Phi) is 6.99. The predicted molar refractivity (Wildman–Crippen MR) is 120 cm³/mol. The highest BCUT2D eigenvalue weighted by Gasteiger charge is 2.22. The van der Waals surface area contributed by atoms with Gasteiger partial charge >= 0.3 is 0 Å². The minimum absolute atomic E-state index is 0.0627. The lowest BCUT2D eigenvalue weighted by molar-refractivity contribution is 0.445. The minimum atomic E-state index is -3.84. The minimum Gasteiger partial charge on any atom is -0.457 e. The number of nitrogens with one attached hydrogen (secondary N) is 1. The fraction of sp³-hybridized carbons (Fsp3) is 0.182. The number of benzene rings is 3. The summed E-state index contributed by atoms with van der Waals surface area (Å²) in [7, 11) is -7.44. The van der Waals surface area contributed by atoms with Crippen molar-refractivity contribution < 1.29 is 21.6 Å². The number of para-hydroxylation sites is 1. The highest BCUT2D eigenvalue weighted by molar-refractivity contribution is 7.92. The van der Waals surface area contributed by atoms with Gasteiger partial charge in [-0.25, -0.2) is 16.8 Å². The van der Waals surface area contributed by atoms with Gasteiger partial charge in [0.1, 0.15) is 11.5 Å². The lowest BCUT2D eigenvalue weighted by Gasteiger charge is -2.18. The third-order valence-electron chi connectivity index (χ3n) is 4.56. The van der Waals surface area contributed by atoms with Crippen LogP contribution in [0.3, 0.4) is 0 Å². The van der Waals surface area contributed by atoms with Gasteiger partial charge < -0.3 is 4.74 Å². The summed E-state index contributed by atoms with van der Waals surface area (Å²) >= 11 is 0. The molecule has 0 spiro atoms. The van der Waals surface area contributed by atoms with E-state index in [0.717, 1.165) is 0 Å². The molecular weight excluding hydrogens is 436 g/mol. The van der Waals surface area contributed by atoms with Crippen molar-refractivity contribution in [2.24, 2.45) is 0 Å². The standard InChI is InChI=1S/C22H24N2O5S2/c1-3-24(4-2)31(27,28)22-14-10-18(11-15-22)23-30(25,26)21-16-12-20(13-17-21)29-19-8-6-5-7-9-19/h5-17,23H,3-4H2,1-2H3. The van der Waals surface area contributed by atoms with Gasteiger partial charge in [-0.1, -0.05) is 32.0 Å². The Bertz CT molecular complexity index is 1210. The molecule has 0 aliphatic carbocycles. The molecule has 0 aliphatic rings. The van der Waals surface area contributed by atoms with Crippen molar-refractivity contribution in [3.8, 4) is 11.5 Å². The first-order valence-corrected chi connectivity index (χ1v) is 12.6. The molecule has 3 rings (SSSR count). The fourth-order valence-corrected chi connectivity index (χ4v) is 5.45. The Morgan fingerprint density at radius 1 is 0.710 bits per heavy atom. The summed E-state index contributed by atoms with van der Waals surface area (Å²) in [6.45, 7) is 4.24. The second-order valence-electron chi connectivity index (χ2n) is 6.61. The van der Waals surface area contributed by atoms with E-state index >= 15 is 0 Å². The maximum absolute atomic E-state index is 12.7. The average molecular weight is 461 g/mol. The molecule has 0 amide bonds. The highest BCUT2D eigenvalue weighted by Crippen LogP contribution is 2.24. The molecule has 0 bridgehead atoms. The summed E-state index contributed by atoms with van der Waals surface area (Å²) in [6, 6.07) is 20.8. The van der Waals surface area contributed by atoms with E-state index in [1.54, 1.807) is 38.1 Å². The molecular formula is C22H24N2O5S2. The number of ether oxygens (including phenoxy) is 1. The van der Waals surface area contributed by atoms with Gasteiger partial charge in [0, 0.05) is 18.8 Å². The van der Waals surface area contributed by atoms with Gasteiger partial charge in [0.15, 0.2) is 0 Å². The highest BCUT2D eigenvalue weighted by atomic mass is 32.2. The molecule has 0 heterocycles. The molecule has 0 radical (unpaired) electrons. The molecule has 3 aromatic rings. The molecule has 9 heteroatoms. The van der Waals surface area contributed by atoms with Crippen molar-refractivity contribution in [2.75, 3.05) is 17.8 Å². The number of rotatable bonds is 9. The molecule has 31 heavy (non-hydrogen) atoms. The monoisotopic (exact) mass is 460 g/mol. The van der Waals surface area contributed by atoms with Crippen LogP contribution in [0.4, 0.5) is 5.69 Å². The van der Waals surface area contributed by atoms with Gasteiger partial charge in [-0.05, 0) is 60.7 Å². The maximum atomic E-state index is 12.7. The molecule has 164 valence electrons. The van der Waals surface area contributed by atoms with Gasteiger partial charge in [-0.3, -0.25) is 4.72 Å². The molecule has 0 unspecified atom stereocenters. The van der Waals surface area contributed by atoms with Crippen LogP contribution >= 0.6 is 0 Å². The van der Waals surface area contributed by atoms with Gasteiger partial charge in [0.25, 0.3) is 10.0 Å². The number of nitrogens with zero attached hydrogens (tertiary/aromatic N) is 1. The topological polar surface area (TPSA) is 92.8 Å². The predicted octanol–water partition coefficient (Wildman–Crippen LogP) is 4.31. The van der Waals surface area contributed by atoms with E-state index in [4.69, 9.17) is 4.74 Å². The van der Waals surface area contributed by atoms with Gasteiger partial charge in [0.2, 0.25) is 10.0 Å². The van der Waals surface area contributed by atoms with E-state index in [2.05, 4.69) is 4.72 Å².